The van der Waals surface area contributed by atoms with Crippen molar-refractivity contribution in [2.45, 2.75) is 43.4 Å². The topological polar surface area (TPSA) is 85.6 Å². The van der Waals surface area contributed by atoms with Crippen LogP contribution in [0, 0.1) is 23.0 Å². The summed E-state index contributed by atoms with van der Waals surface area (Å²) in [6, 6.07) is 14.3. The number of hydrogen-bond acceptors (Lipinski definition) is 7. The quantitative estimate of drug-likeness (QED) is 0.178. The van der Waals surface area contributed by atoms with Gasteiger partial charge in [-0.15, -0.1) is 0 Å². The Balaban J connectivity index is 1.33. The molecule has 4 aromatic rings. The molecule has 7 rings (SSSR count). The minimum atomic E-state index is -1.12. The second-order valence-corrected chi connectivity index (χ2v) is 12.5. The van der Waals surface area contributed by atoms with E-state index in [1.54, 1.807) is 47.4 Å². The summed E-state index contributed by atoms with van der Waals surface area (Å²) in [5.74, 6) is -2.88. The number of hydrogen-bond donors (Lipinski definition) is 0. The SMILES string of the molecule is C=C(F)C(=O)N1CCN(c2nc(OC[C@@]34CCCN3C[C@H](F)C4)nc3c(F)c(-c4cccc5cccc(F)c45)ccc23)C[C@@H]1CC#N. The Morgan fingerprint density at radius 2 is 1.87 bits per heavy atom. The smallest absolute Gasteiger partial charge is 0.319 e. The van der Waals surface area contributed by atoms with Gasteiger partial charge in [0, 0.05) is 48.9 Å². The first-order valence-corrected chi connectivity index (χ1v) is 15.7. The van der Waals surface area contributed by atoms with Crippen LogP contribution >= 0.6 is 0 Å². The fourth-order valence-electron chi connectivity index (χ4n) is 7.56. The Morgan fingerprint density at radius 1 is 1.06 bits per heavy atom. The number of piperazine rings is 1. The molecule has 0 bridgehead atoms. The molecule has 12 heteroatoms. The molecule has 3 saturated heterocycles. The monoisotopic (exact) mass is 644 g/mol. The number of amides is 1. The zero-order chi connectivity index (χ0) is 32.9. The van der Waals surface area contributed by atoms with Gasteiger partial charge in [0.25, 0.3) is 5.91 Å². The highest BCUT2D eigenvalue weighted by molar-refractivity contribution is 6.01. The lowest BCUT2D eigenvalue weighted by Crippen LogP contribution is -2.55. The molecule has 1 amide bonds. The zero-order valence-corrected chi connectivity index (χ0v) is 25.6. The Morgan fingerprint density at radius 3 is 2.66 bits per heavy atom. The third-order valence-electron chi connectivity index (χ3n) is 9.74. The van der Waals surface area contributed by atoms with E-state index in [0.29, 0.717) is 35.1 Å². The van der Waals surface area contributed by atoms with Crippen LogP contribution in [0.2, 0.25) is 0 Å². The number of fused-ring (bicyclic) bond motifs is 3. The van der Waals surface area contributed by atoms with Crippen LogP contribution < -0.4 is 9.64 Å². The maximum Gasteiger partial charge on any atom is 0.319 e. The van der Waals surface area contributed by atoms with E-state index < -0.39 is 41.1 Å². The molecular formula is C35H32F4N6O2. The minimum Gasteiger partial charge on any atom is -0.461 e. The molecule has 0 unspecified atom stereocenters. The van der Waals surface area contributed by atoms with Gasteiger partial charge in [0.05, 0.1) is 24.1 Å². The van der Waals surface area contributed by atoms with Crippen LogP contribution in [0.4, 0.5) is 23.4 Å². The molecule has 8 nitrogen and oxygen atoms in total. The summed E-state index contributed by atoms with van der Waals surface area (Å²) >= 11 is 0. The van der Waals surface area contributed by atoms with Gasteiger partial charge in [-0.2, -0.15) is 15.2 Å². The summed E-state index contributed by atoms with van der Waals surface area (Å²) in [6.07, 6.45) is 0.948. The minimum absolute atomic E-state index is 0.0566. The molecule has 0 saturated carbocycles. The lowest BCUT2D eigenvalue weighted by Gasteiger charge is -2.41. The number of carbonyl (C=O) groups is 1. The Kier molecular flexibility index (Phi) is 7.96. The van der Waals surface area contributed by atoms with Crippen molar-refractivity contribution in [2.75, 3.05) is 44.2 Å². The highest BCUT2D eigenvalue weighted by atomic mass is 19.1. The third kappa shape index (κ3) is 5.42. The first-order chi connectivity index (χ1) is 22.7. The predicted molar refractivity (Wildman–Crippen MR) is 169 cm³/mol. The maximum atomic E-state index is 16.7. The summed E-state index contributed by atoms with van der Waals surface area (Å²) in [5, 5.41) is 10.7. The van der Waals surface area contributed by atoms with Gasteiger partial charge in [-0.05, 0) is 42.5 Å². The number of anilines is 1. The second kappa shape index (κ2) is 12.1. The molecule has 242 valence electrons. The zero-order valence-electron chi connectivity index (χ0n) is 25.6. The summed E-state index contributed by atoms with van der Waals surface area (Å²) < 4.78 is 66.3. The molecule has 3 atom stereocenters. The molecule has 0 spiro atoms. The number of benzene rings is 3. The standard InChI is InChI=1S/C35H32F4N6O2/c1-21(36)33(46)45-16-15-43(19-24(45)11-13-40)32-27-10-9-26(25-7-2-5-22-6-3-8-28(38)29(22)25)30(39)31(27)41-34(42-32)47-20-35-12-4-14-44(35)18-23(37)17-35/h2-3,5-10,23-24H,1,4,11-12,14-20H2/t23-,24+,35+/m1/s1. The first kappa shape index (κ1) is 30.9. The van der Waals surface area contributed by atoms with Crippen LogP contribution in [0.3, 0.4) is 0 Å². The summed E-state index contributed by atoms with van der Waals surface area (Å²) in [5.41, 5.74) is -0.0634. The van der Waals surface area contributed by atoms with E-state index in [0.717, 1.165) is 19.4 Å². The van der Waals surface area contributed by atoms with Crippen molar-refractivity contribution >= 4 is 33.4 Å². The molecule has 4 heterocycles. The number of alkyl halides is 1. The largest absolute Gasteiger partial charge is 0.461 e. The van der Waals surface area contributed by atoms with Gasteiger partial charge in [0.15, 0.2) is 11.6 Å². The van der Waals surface area contributed by atoms with Gasteiger partial charge in [0.1, 0.15) is 29.9 Å². The Bertz CT molecular complexity index is 1940. The number of rotatable bonds is 7. The van der Waals surface area contributed by atoms with Gasteiger partial charge in [-0.3, -0.25) is 9.69 Å². The van der Waals surface area contributed by atoms with E-state index in [2.05, 4.69) is 22.5 Å². The average molecular weight is 645 g/mol. The van der Waals surface area contributed by atoms with Crippen LogP contribution in [0.25, 0.3) is 32.8 Å². The van der Waals surface area contributed by atoms with Crippen molar-refractivity contribution in [3.05, 3.63) is 72.6 Å². The third-order valence-corrected chi connectivity index (χ3v) is 9.74. The molecule has 3 aliphatic rings. The summed E-state index contributed by atoms with van der Waals surface area (Å²) in [7, 11) is 0. The van der Waals surface area contributed by atoms with E-state index in [9.17, 15) is 18.8 Å². The van der Waals surface area contributed by atoms with E-state index in [1.165, 1.54) is 11.0 Å². The van der Waals surface area contributed by atoms with Crippen LogP contribution in [0.15, 0.2) is 60.9 Å². The van der Waals surface area contributed by atoms with E-state index in [-0.39, 0.29) is 55.1 Å². The molecule has 47 heavy (non-hydrogen) atoms. The molecule has 3 fully saturated rings. The van der Waals surface area contributed by atoms with Crippen LogP contribution in [0.5, 0.6) is 6.01 Å². The van der Waals surface area contributed by atoms with Crippen molar-refractivity contribution in [2.24, 2.45) is 0 Å². The van der Waals surface area contributed by atoms with Crippen molar-refractivity contribution < 1.29 is 27.1 Å². The van der Waals surface area contributed by atoms with Crippen molar-refractivity contribution in [1.29, 1.82) is 5.26 Å². The number of ether oxygens (including phenoxy) is 1. The summed E-state index contributed by atoms with van der Waals surface area (Å²) in [6.45, 7) is 4.72. The summed E-state index contributed by atoms with van der Waals surface area (Å²) in [4.78, 5) is 26.9. The molecular weight excluding hydrogens is 612 g/mol. The lowest BCUT2D eigenvalue weighted by atomic mass is 9.95. The maximum absolute atomic E-state index is 16.7. The van der Waals surface area contributed by atoms with E-state index in [4.69, 9.17) is 9.72 Å². The predicted octanol–water partition coefficient (Wildman–Crippen LogP) is 6.10. The molecule has 0 radical (unpaired) electrons. The Labute approximate surface area is 268 Å². The normalized spacial score (nSPS) is 22.9. The van der Waals surface area contributed by atoms with Gasteiger partial charge < -0.3 is 14.5 Å². The lowest BCUT2D eigenvalue weighted by molar-refractivity contribution is -0.131. The highest BCUT2D eigenvalue weighted by Crippen LogP contribution is 2.41. The van der Waals surface area contributed by atoms with Crippen molar-refractivity contribution in [3.8, 4) is 23.2 Å². The van der Waals surface area contributed by atoms with Gasteiger partial charge in [-0.25, -0.2) is 17.6 Å². The number of aromatic nitrogens is 2. The van der Waals surface area contributed by atoms with E-state index in [1.807, 2.05) is 0 Å². The number of nitriles is 1. The molecule has 1 aromatic heterocycles. The Hall–Kier alpha value is -4.76. The number of nitrogens with zero attached hydrogens (tertiary/aromatic N) is 6. The molecule has 0 aliphatic carbocycles. The highest BCUT2D eigenvalue weighted by Gasteiger charge is 2.49. The first-order valence-electron chi connectivity index (χ1n) is 15.7. The second-order valence-electron chi connectivity index (χ2n) is 12.5. The van der Waals surface area contributed by atoms with Crippen molar-refractivity contribution in [1.82, 2.24) is 19.8 Å². The van der Waals surface area contributed by atoms with E-state index >= 15 is 8.78 Å². The van der Waals surface area contributed by atoms with Crippen LogP contribution in [-0.4, -0.2) is 82.8 Å². The van der Waals surface area contributed by atoms with Crippen molar-refractivity contribution in [3.63, 3.8) is 0 Å². The number of carbonyl (C=O) groups excluding carboxylic acids is 1. The van der Waals surface area contributed by atoms with Gasteiger partial charge in [-0.1, -0.05) is 43.0 Å². The van der Waals surface area contributed by atoms with Gasteiger partial charge in [0.2, 0.25) is 0 Å². The van der Waals surface area contributed by atoms with Crippen LogP contribution in [0.1, 0.15) is 25.7 Å². The molecule has 3 aromatic carbocycles. The average Bonchev–Trinajstić information content (AvgIpc) is 3.59. The fraction of sp³-hybridized carbons (Fsp3) is 0.371. The van der Waals surface area contributed by atoms with Gasteiger partial charge >= 0.3 is 6.01 Å². The fourth-order valence-corrected chi connectivity index (χ4v) is 7.56. The van der Waals surface area contributed by atoms with Crippen LogP contribution in [-0.2, 0) is 4.79 Å². The molecule has 3 aliphatic heterocycles. The number of halogens is 4. The molecule has 0 N–H and O–H groups in total.